The van der Waals surface area contributed by atoms with E-state index in [2.05, 4.69) is 0 Å². The van der Waals surface area contributed by atoms with Crippen LogP contribution in [0.5, 0.6) is 17.2 Å². The minimum absolute atomic E-state index is 0.278. The number of hydrogen-bond donors (Lipinski definition) is 0. The maximum Gasteiger partial charge on any atom is 0.311 e. The Kier molecular flexibility index (Phi) is 7.33. The van der Waals surface area contributed by atoms with Crippen molar-refractivity contribution in [3.63, 3.8) is 0 Å². The second-order valence-electron chi connectivity index (χ2n) is 6.13. The molecule has 0 aromatic heterocycles. The Hall–Kier alpha value is -2.98. The number of carbonyl (C=O) groups is 1. The highest BCUT2D eigenvalue weighted by molar-refractivity contribution is 6.30. The van der Waals surface area contributed by atoms with Crippen LogP contribution in [0, 0.1) is 0 Å². The van der Waals surface area contributed by atoms with E-state index in [4.69, 9.17) is 25.8 Å². The van der Waals surface area contributed by atoms with Gasteiger partial charge in [0.2, 0.25) is 0 Å². The van der Waals surface area contributed by atoms with Crippen molar-refractivity contribution in [1.29, 1.82) is 0 Å². The van der Waals surface area contributed by atoms with Crippen LogP contribution in [0.15, 0.2) is 78.9 Å². The van der Waals surface area contributed by atoms with Crippen molar-refractivity contribution in [2.75, 3.05) is 6.61 Å². The van der Waals surface area contributed by atoms with Crippen LogP contribution in [-0.2, 0) is 11.4 Å². The highest BCUT2D eigenvalue weighted by Crippen LogP contribution is 2.19. The maximum absolute atomic E-state index is 11.9. The smallest absolute Gasteiger partial charge is 0.311 e. The fourth-order valence-corrected chi connectivity index (χ4v) is 2.59. The molecule has 0 unspecified atom stereocenters. The molecule has 0 saturated heterocycles. The molecule has 5 heteroatoms. The molecule has 0 aliphatic heterocycles. The molecule has 0 heterocycles. The molecule has 0 amide bonds. The lowest BCUT2D eigenvalue weighted by molar-refractivity contribution is -0.134. The van der Waals surface area contributed by atoms with Crippen molar-refractivity contribution < 1.29 is 19.0 Å². The SMILES string of the molecule is O=C(CCCOc1ccc(Cl)cc1)Oc1ccc(OCc2ccccc2)cc1. The summed E-state index contributed by atoms with van der Waals surface area (Å²) < 4.78 is 16.6. The molecule has 3 aromatic carbocycles. The number of benzene rings is 3. The van der Waals surface area contributed by atoms with E-state index >= 15 is 0 Å². The Morgan fingerprint density at radius 2 is 1.36 bits per heavy atom. The highest BCUT2D eigenvalue weighted by Gasteiger charge is 2.06. The van der Waals surface area contributed by atoms with Crippen LogP contribution < -0.4 is 14.2 Å². The summed E-state index contributed by atoms with van der Waals surface area (Å²) in [5.74, 6) is 1.65. The summed E-state index contributed by atoms with van der Waals surface area (Å²) in [6.45, 7) is 0.927. The van der Waals surface area contributed by atoms with Crippen LogP contribution in [0.4, 0.5) is 0 Å². The molecule has 0 spiro atoms. The third-order valence-electron chi connectivity index (χ3n) is 3.91. The van der Waals surface area contributed by atoms with Crippen molar-refractivity contribution in [3.8, 4) is 17.2 Å². The molecule has 0 aliphatic carbocycles. The monoisotopic (exact) mass is 396 g/mol. The average Bonchev–Trinajstić information content (AvgIpc) is 2.73. The zero-order valence-corrected chi connectivity index (χ0v) is 16.1. The summed E-state index contributed by atoms with van der Waals surface area (Å²) in [5.41, 5.74) is 1.10. The molecule has 3 rings (SSSR count). The first-order valence-electron chi connectivity index (χ1n) is 9.05. The van der Waals surface area contributed by atoms with Gasteiger partial charge in [0, 0.05) is 11.4 Å². The van der Waals surface area contributed by atoms with E-state index in [1.54, 1.807) is 48.5 Å². The van der Waals surface area contributed by atoms with E-state index < -0.39 is 0 Å². The quantitative estimate of drug-likeness (QED) is 0.265. The molecule has 0 fully saturated rings. The molecule has 0 bridgehead atoms. The second kappa shape index (κ2) is 10.4. The van der Waals surface area contributed by atoms with Gasteiger partial charge in [-0.25, -0.2) is 0 Å². The van der Waals surface area contributed by atoms with Gasteiger partial charge in [0.15, 0.2) is 0 Å². The average molecular weight is 397 g/mol. The van der Waals surface area contributed by atoms with E-state index in [-0.39, 0.29) is 12.4 Å². The summed E-state index contributed by atoms with van der Waals surface area (Å²) in [5, 5.41) is 0.660. The topological polar surface area (TPSA) is 44.8 Å². The molecular weight excluding hydrogens is 376 g/mol. The van der Waals surface area contributed by atoms with Gasteiger partial charge in [0.1, 0.15) is 23.9 Å². The first kappa shape index (κ1) is 19.8. The fourth-order valence-electron chi connectivity index (χ4n) is 2.46. The van der Waals surface area contributed by atoms with Gasteiger partial charge in [-0.2, -0.15) is 0 Å². The van der Waals surface area contributed by atoms with Crippen LogP contribution >= 0.6 is 11.6 Å². The van der Waals surface area contributed by atoms with Crippen LogP contribution in [-0.4, -0.2) is 12.6 Å². The third kappa shape index (κ3) is 6.63. The molecule has 28 heavy (non-hydrogen) atoms. The van der Waals surface area contributed by atoms with Gasteiger partial charge in [-0.1, -0.05) is 41.9 Å². The third-order valence-corrected chi connectivity index (χ3v) is 4.16. The minimum Gasteiger partial charge on any atom is -0.494 e. The van der Waals surface area contributed by atoms with Crippen LogP contribution in [0.2, 0.25) is 5.02 Å². The Labute approximate surface area is 169 Å². The van der Waals surface area contributed by atoms with Gasteiger partial charge in [-0.3, -0.25) is 4.79 Å². The first-order chi connectivity index (χ1) is 13.7. The van der Waals surface area contributed by atoms with Crippen molar-refractivity contribution in [2.24, 2.45) is 0 Å². The summed E-state index contributed by atoms with van der Waals surface area (Å²) in [4.78, 5) is 11.9. The predicted molar refractivity (Wildman–Crippen MR) is 109 cm³/mol. The molecule has 3 aromatic rings. The number of halogens is 1. The van der Waals surface area contributed by atoms with Crippen molar-refractivity contribution in [2.45, 2.75) is 19.4 Å². The first-order valence-corrected chi connectivity index (χ1v) is 9.43. The molecule has 0 radical (unpaired) electrons. The number of ether oxygens (including phenoxy) is 3. The zero-order valence-electron chi connectivity index (χ0n) is 15.3. The predicted octanol–water partition coefficient (Wildman–Crippen LogP) is 5.68. The van der Waals surface area contributed by atoms with E-state index in [0.29, 0.717) is 30.4 Å². The standard InChI is InChI=1S/C23H21ClO4/c24-19-8-10-20(11-9-19)26-16-4-7-23(25)28-22-14-12-21(13-15-22)27-17-18-5-2-1-3-6-18/h1-3,5-6,8-15H,4,7,16-17H2. The lowest BCUT2D eigenvalue weighted by Crippen LogP contribution is -2.10. The van der Waals surface area contributed by atoms with Crippen LogP contribution in [0.3, 0.4) is 0 Å². The maximum atomic E-state index is 11.9. The molecule has 0 atom stereocenters. The second-order valence-corrected chi connectivity index (χ2v) is 6.56. The lowest BCUT2D eigenvalue weighted by Gasteiger charge is -2.08. The Morgan fingerprint density at radius 3 is 2.07 bits per heavy atom. The van der Waals surface area contributed by atoms with Gasteiger partial charge in [0.25, 0.3) is 0 Å². The summed E-state index contributed by atoms with van der Waals surface area (Å²) in [6, 6.07) is 24.1. The fraction of sp³-hybridized carbons (Fsp3) is 0.174. The Morgan fingerprint density at radius 1 is 0.750 bits per heavy atom. The number of carbonyl (C=O) groups excluding carboxylic acids is 1. The van der Waals surface area contributed by atoms with Crippen LogP contribution in [0.1, 0.15) is 18.4 Å². The van der Waals surface area contributed by atoms with E-state index in [1.807, 2.05) is 30.3 Å². The number of hydrogen-bond acceptors (Lipinski definition) is 4. The lowest BCUT2D eigenvalue weighted by atomic mass is 10.2. The van der Waals surface area contributed by atoms with Gasteiger partial charge < -0.3 is 14.2 Å². The minimum atomic E-state index is -0.294. The zero-order chi connectivity index (χ0) is 19.6. The van der Waals surface area contributed by atoms with E-state index in [1.165, 1.54) is 0 Å². The van der Waals surface area contributed by atoms with Gasteiger partial charge >= 0.3 is 5.97 Å². The van der Waals surface area contributed by atoms with Crippen LogP contribution in [0.25, 0.3) is 0 Å². The van der Waals surface area contributed by atoms with Gasteiger partial charge in [-0.15, -0.1) is 0 Å². The highest BCUT2D eigenvalue weighted by atomic mass is 35.5. The van der Waals surface area contributed by atoms with Crippen molar-refractivity contribution in [3.05, 3.63) is 89.4 Å². The van der Waals surface area contributed by atoms with Crippen molar-refractivity contribution >= 4 is 17.6 Å². The Balaban J connectivity index is 1.36. The molecule has 144 valence electrons. The molecule has 0 aliphatic rings. The normalized spacial score (nSPS) is 10.3. The molecular formula is C23H21ClO4. The number of rotatable bonds is 9. The van der Waals surface area contributed by atoms with Crippen molar-refractivity contribution in [1.82, 2.24) is 0 Å². The molecule has 4 nitrogen and oxygen atoms in total. The van der Waals surface area contributed by atoms with E-state index in [9.17, 15) is 4.79 Å². The molecule has 0 N–H and O–H groups in total. The van der Waals surface area contributed by atoms with Gasteiger partial charge in [0.05, 0.1) is 6.61 Å². The largest absolute Gasteiger partial charge is 0.494 e. The van der Waals surface area contributed by atoms with E-state index in [0.717, 1.165) is 17.1 Å². The summed E-state index contributed by atoms with van der Waals surface area (Å²) in [6.07, 6.45) is 0.847. The van der Waals surface area contributed by atoms with Gasteiger partial charge in [-0.05, 0) is 60.5 Å². The summed E-state index contributed by atoms with van der Waals surface area (Å²) >= 11 is 5.82. The Bertz CT molecular complexity index is 861. The molecule has 0 saturated carbocycles. The summed E-state index contributed by atoms with van der Waals surface area (Å²) in [7, 11) is 0. The number of esters is 1.